The van der Waals surface area contributed by atoms with Gasteiger partial charge in [0.25, 0.3) is 5.91 Å². The van der Waals surface area contributed by atoms with Gasteiger partial charge in [0.2, 0.25) is 0 Å². The van der Waals surface area contributed by atoms with Gasteiger partial charge in [0.05, 0.1) is 19.8 Å². The normalized spacial score (nSPS) is 25.8. The van der Waals surface area contributed by atoms with E-state index in [1.54, 1.807) is 4.90 Å². The quantitative estimate of drug-likeness (QED) is 0.774. The number of Topliss-reactive ketones (excluding diaryl/α,β-unsaturated/α-hetero) is 1. The molecule has 8 heteroatoms. The molecule has 0 aromatic heterocycles. The lowest BCUT2D eigenvalue weighted by Crippen LogP contribution is -2.49. The Hall–Kier alpha value is -1.67. The first-order valence-electron chi connectivity index (χ1n) is 9.57. The standard InChI is InChI=1S/C18H28N2O6/c21-15-12-25-11-14(15)19-18(23)26-16(10-13-4-2-1-3-5-13)17(22)20-6-8-24-9-7-20/h13-14,16H,1-12H2,(H,19,23)/t14-,16-/m0/s1. The number of hydrogen-bond donors (Lipinski definition) is 1. The summed E-state index contributed by atoms with van der Waals surface area (Å²) in [6.45, 7) is 2.19. The van der Waals surface area contributed by atoms with Crippen molar-refractivity contribution in [3.05, 3.63) is 0 Å². The Morgan fingerprint density at radius 2 is 1.88 bits per heavy atom. The molecule has 0 radical (unpaired) electrons. The molecule has 3 aliphatic rings. The predicted molar refractivity (Wildman–Crippen MR) is 91.6 cm³/mol. The monoisotopic (exact) mass is 368 g/mol. The SMILES string of the molecule is O=C(N[C@H]1COCC1=O)O[C@@H](CC1CCCCC1)C(=O)N1CCOCC1. The molecule has 8 nitrogen and oxygen atoms in total. The summed E-state index contributed by atoms with van der Waals surface area (Å²) in [5.41, 5.74) is 0. The molecule has 2 saturated heterocycles. The number of rotatable bonds is 5. The molecule has 2 amide bonds. The van der Waals surface area contributed by atoms with E-state index < -0.39 is 18.2 Å². The molecule has 2 aliphatic heterocycles. The third kappa shape index (κ3) is 5.17. The van der Waals surface area contributed by atoms with Crippen molar-refractivity contribution in [2.45, 2.75) is 50.7 Å². The molecule has 1 N–H and O–H groups in total. The molecule has 0 aromatic rings. The van der Waals surface area contributed by atoms with E-state index in [2.05, 4.69) is 5.32 Å². The topological polar surface area (TPSA) is 94.2 Å². The minimum Gasteiger partial charge on any atom is -0.436 e. The number of morpholine rings is 1. The van der Waals surface area contributed by atoms with Gasteiger partial charge in [0, 0.05) is 13.1 Å². The summed E-state index contributed by atoms with van der Waals surface area (Å²) in [4.78, 5) is 38.4. The summed E-state index contributed by atoms with van der Waals surface area (Å²) in [5.74, 6) is 0.0521. The van der Waals surface area contributed by atoms with Crippen LogP contribution in [-0.4, -0.2) is 74.3 Å². The van der Waals surface area contributed by atoms with Crippen molar-refractivity contribution in [3.63, 3.8) is 0 Å². The number of amides is 2. The van der Waals surface area contributed by atoms with Gasteiger partial charge in [-0.05, 0) is 12.3 Å². The van der Waals surface area contributed by atoms with Crippen molar-refractivity contribution in [2.75, 3.05) is 39.5 Å². The fourth-order valence-corrected chi connectivity index (χ4v) is 3.81. The molecule has 146 valence electrons. The van der Waals surface area contributed by atoms with Crippen LogP contribution in [-0.2, 0) is 23.8 Å². The Kier molecular flexibility index (Phi) is 6.85. The van der Waals surface area contributed by atoms with E-state index in [1.807, 2.05) is 0 Å². The first-order valence-corrected chi connectivity index (χ1v) is 9.57. The number of nitrogens with one attached hydrogen (secondary N) is 1. The van der Waals surface area contributed by atoms with Crippen LogP contribution < -0.4 is 5.32 Å². The number of alkyl carbamates (subject to hydrolysis) is 1. The Morgan fingerprint density at radius 3 is 2.54 bits per heavy atom. The highest BCUT2D eigenvalue weighted by molar-refractivity contribution is 5.90. The third-order valence-electron chi connectivity index (χ3n) is 5.33. The lowest BCUT2D eigenvalue weighted by atomic mass is 9.85. The van der Waals surface area contributed by atoms with Crippen molar-refractivity contribution < 1.29 is 28.6 Å². The zero-order valence-corrected chi connectivity index (χ0v) is 15.1. The Bertz CT molecular complexity index is 514. The number of nitrogens with zero attached hydrogens (tertiary/aromatic N) is 1. The number of ether oxygens (including phenoxy) is 3. The largest absolute Gasteiger partial charge is 0.436 e. The molecule has 2 atom stereocenters. The van der Waals surface area contributed by atoms with Gasteiger partial charge < -0.3 is 24.4 Å². The summed E-state index contributed by atoms with van der Waals surface area (Å²) in [7, 11) is 0. The number of carbonyl (C=O) groups is 3. The highest BCUT2D eigenvalue weighted by atomic mass is 16.6. The van der Waals surface area contributed by atoms with Crippen LogP contribution in [0.3, 0.4) is 0 Å². The van der Waals surface area contributed by atoms with Crippen molar-refractivity contribution in [1.82, 2.24) is 10.2 Å². The molecule has 0 spiro atoms. The van der Waals surface area contributed by atoms with E-state index in [-0.39, 0.29) is 24.9 Å². The number of hydrogen-bond acceptors (Lipinski definition) is 6. The van der Waals surface area contributed by atoms with E-state index in [4.69, 9.17) is 14.2 Å². The fraction of sp³-hybridized carbons (Fsp3) is 0.833. The summed E-state index contributed by atoms with van der Waals surface area (Å²) < 4.78 is 15.8. The predicted octanol–water partition coefficient (Wildman–Crippen LogP) is 0.878. The molecule has 0 bridgehead atoms. The zero-order chi connectivity index (χ0) is 18.4. The second-order valence-electron chi connectivity index (χ2n) is 7.25. The van der Waals surface area contributed by atoms with Gasteiger partial charge in [0.15, 0.2) is 11.9 Å². The molecular formula is C18H28N2O6. The highest BCUT2D eigenvalue weighted by Crippen LogP contribution is 2.28. The maximum atomic E-state index is 12.9. The molecule has 1 aliphatic carbocycles. The molecule has 3 fully saturated rings. The van der Waals surface area contributed by atoms with E-state index >= 15 is 0 Å². The molecule has 0 aromatic carbocycles. The first-order chi connectivity index (χ1) is 12.6. The average Bonchev–Trinajstić information content (AvgIpc) is 3.06. The molecule has 0 unspecified atom stereocenters. The minimum absolute atomic E-state index is 0.00313. The fourth-order valence-electron chi connectivity index (χ4n) is 3.81. The van der Waals surface area contributed by atoms with Gasteiger partial charge in [-0.2, -0.15) is 0 Å². The summed E-state index contributed by atoms with van der Waals surface area (Å²) >= 11 is 0. The van der Waals surface area contributed by atoms with E-state index in [9.17, 15) is 14.4 Å². The average molecular weight is 368 g/mol. The van der Waals surface area contributed by atoms with E-state index in [0.717, 1.165) is 25.7 Å². The van der Waals surface area contributed by atoms with Gasteiger partial charge >= 0.3 is 6.09 Å². The first kappa shape index (κ1) is 19.1. The van der Waals surface area contributed by atoms with Gasteiger partial charge in [-0.3, -0.25) is 9.59 Å². The summed E-state index contributed by atoms with van der Waals surface area (Å²) in [6, 6.07) is -0.684. The van der Waals surface area contributed by atoms with Crippen LogP contribution in [0.5, 0.6) is 0 Å². The zero-order valence-electron chi connectivity index (χ0n) is 15.1. The van der Waals surface area contributed by atoms with Crippen LogP contribution in [0.15, 0.2) is 0 Å². The molecule has 3 rings (SSSR count). The second kappa shape index (κ2) is 9.32. The second-order valence-corrected chi connectivity index (χ2v) is 7.25. The van der Waals surface area contributed by atoms with Crippen molar-refractivity contribution in [3.8, 4) is 0 Å². The Labute approximate surface area is 153 Å². The minimum atomic E-state index is -0.811. The van der Waals surface area contributed by atoms with Gasteiger partial charge in [-0.1, -0.05) is 32.1 Å². The van der Waals surface area contributed by atoms with Crippen molar-refractivity contribution >= 4 is 17.8 Å². The summed E-state index contributed by atoms with van der Waals surface area (Å²) in [5, 5.41) is 2.52. The third-order valence-corrected chi connectivity index (χ3v) is 5.33. The van der Waals surface area contributed by atoms with Crippen molar-refractivity contribution in [2.24, 2.45) is 5.92 Å². The van der Waals surface area contributed by atoms with Crippen LogP contribution in [0.25, 0.3) is 0 Å². The smallest absolute Gasteiger partial charge is 0.408 e. The van der Waals surface area contributed by atoms with Crippen LogP contribution in [0.4, 0.5) is 4.79 Å². The molecular weight excluding hydrogens is 340 g/mol. The van der Waals surface area contributed by atoms with Gasteiger partial charge in [-0.25, -0.2) is 4.79 Å². The van der Waals surface area contributed by atoms with Gasteiger partial charge in [-0.15, -0.1) is 0 Å². The maximum Gasteiger partial charge on any atom is 0.408 e. The van der Waals surface area contributed by atoms with Crippen LogP contribution in [0.2, 0.25) is 0 Å². The molecule has 26 heavy (non-hydrogen) atoms. The van der Waals surface area contributed by atoms with Crippen LogP contribution in [0, 0.1) is 5.92 Å². The highest BCUT2D eigenvalue weighted by Gasteiger charge is 2.34. The Balaban J connectivity index is 1.59. The lowest BCUT2D eigenvalue weighted by molar-refractivity contribution is -0.145. The van der Waals surface area contributed by atoms with Crippen molar-refractivity contribution in [1.29, 1.82) is 0 Å². The van der Waals surface area contributed by atoms with E-state index in [0.29, 0.717) is 38.6 Å². The number of carbonyl (C=O) groups excluding carboxylic acids is 3. The van der Waals surface area contributed by atoms with Crippen LogP contribution >= 0.6 is 0 Å². The summed E-state index contributed by atoms with van der Waals surface area (Å²) in [6.07, 6.45) is 4.67. The van der Waals surface area contributed by atoms with Crippen LogP contribution in [0.1, 0.15) is 38.5 Å². The van der Waals surface area contributed by atoms with E-state index in [1.165, 1.54) is 6.42 Å². The molecule has 1 saturated carbocycles. The number of ketones is 1. The Morgan fingerprint density at radius 1 is 1.15 bits per heavy atom. The lowest BCUT2D eigenvalue weighted by Gasteiger charge is -2.32. The maximum absolute atomic E-state index is 12.9. The molecule has 2 heterocycles. The van der Waals surface area contributed by atoms with Gasteiger partial charge in [0.1, 0.15) is 12.6 Å².